The molecule has 1 heterocycles. The highest BCUT2D eigenvalue weighted by molar-refractivity contribution is 9.10. The monoisotopic (exact) mass is 319 g/mol. The minimum atomic E-state index is -0.149. The second-order valence-corrected chi connectivity index (χ2v) is 5.05. The molecular weight excluding hydrogens is 306 g/mol. The van der Waals surface area contributed by atoms with Crippen LogP contribution >= 0.6 is 15.9 Å². The van der Waals surface area contributed by atoms with Gasteiger partial charge in [-0.25, -0.2) is 0 Å². The van der Waals surface area contributed by atoms with E-state index in [0.717, 1.165) is 15.8 Å². The molecule has 1 aromatic heterocycles. The highest BCUT2D eigenvalue weighted by Gasteiger charge is 2.09. The first-order chi connectivity index (χ1) is 9.15. The number of benzene rings is 1. The van der Waals surface area contributed by atoms with Gasteiger partial charge in [0.1, 0.15) is 5.76 Å². The fourth-order valence-electron chi connectivity index (χ4n) is 1.65. The first-order valence-electron chi connectivity index (χ1n) is 5.93. The van der Waals surface area contributed by atoms with Crippen LogP contribution in [0, 0.1) is 0 Å². The van der Waals surface area contributed by atoms with Gasteiger partial charge in [-0.1, -0.05) is 28.1 Å². The number of halogens is 1. The van der Waals surface area contributed by atoms with Crippen molar-refractivity contribution in [3.05, 3.63) is 64.5 Å². The van der Waals surface area contributed by atoms with Crippen LogP contribution in [0.2, 0.25) is 0 Å². The Morgan fingerprint density at radius 2 is 2.21 bits per heavy atom. The van der Waals surface area contributed by atoms with Crippen molar-refractivity contribution in [1.29, 1.82) is 0 Å². The highest BCUT2D eigenvalue weighted by atomic mass is 79.9. The van der Waals surface area contributed by atoms with Gasteiger partial charge in [0.25, 0.3) is 0 Å². The first kappa shape index (κ1) is 13.6. The Labute approximate surface area is 120 Å². The van der Waals surface area contributed by atoms with E-state index in [1.165, 1.54) is 6.08 Å². The third kappa shape index (κ3) is 4.10. The minimum absolute atomic E-state index is 0.144. The van der Waals surface area contributed by atoms with E-state index < -0.39 is 0 Å². The third-order valence-electron chi connectivity index (χ3n) is 2.60. The largest absolute Gasteiger partial charge is 0.467 e. The van der Waals surface area contributed by atoms with E-state index in [-0.39, 0.29) is 11.9 Å². The van der Waals surface area contributed by atoms with Gasteiger partial charge in [-0.15, -0.1) is 0 Å². The van der Waals surface area contributed by atoms with Crippen LogP contribution in [0.1, 0.15) is 24.3 Å². The summed E-state index contributed by atoms with van der Waals surface area (Å²) in [5.41, 5.74) is 0.968. The maximum atomic E-state index is 11.8. The number of hydrogen-bond donors (Lipinski definition) is 1. The molecule has 0 saturated heterocycles. The second-order valence-electron chi connectivity index (χ2n) is 4.13. The Kier molecular flexibility index (Phi) is 4.58. The molecule has 98 valence electrons. The zero-order valence-electron chi connectivity index (χ0n) is 10.5. The Balaban J connectivity index is 1.94. The lowest BCUT2D eigenvalue weighted by Gasteiger charge is -2.08. The average Bonchev–Trinajstić information content (AvgIpc) is 2.90. The van der Waals surface area contributed by atoms with Gasteiger partial charge in [-0.3, -0.25) is 4.79 Å². The summed E-state index contributed by atoms with van der Waals surface area (Å²) in [6.45, 7) is 1.88. The predicted molar refractivity (Wildman–Crippen MR) is 78.4 cm³/mol. The van der Waals surface area contributed by atoms with Crippen LogP contribution in [0.15, 0.2) is 57.6 Å². The molecule has 0 aliphatic rings. The van der Waals surface area contributed by atoms with Crippen molar-refractivity contribution in [1.82, 2.24) is 5.32 Å². The lowest BCUT2D eigenvalue weighted by atomic mass is 10.2. The maximum Gasteiger partial charge on any atom is 0.244 e. The molecule has 0 aliphatic heterocycles. The molecular formula is C15H14BrNO2. The normalized spacial score (nSPS) is 12.5. The molecule has 0 spiro atoms. The summed E-state index contributed by atoms with van der Waals surface area (Å²) >= 11 is 3.39. The van der Waals surface area contributed by atoms with E-state index in [4.69, 9.17) is 4.42 Å². The molecule has 2 rings (SSSR count). The Morgan fingerprint density at radius 3 is 2.89 bits per heavy atom. The molecule has 4 heteroatoms. The Hall–Kier alpha value is -1.81. The molecule has 2 aromatic rings. The Morgan fingerprint density at radius 1 is 1.37 bits per heavy atom. The number of amides is 1. The van der Waals surface area contributed by atoms with E-state index in [2.05, 4.69) is 21.2 Å². The van der Waals surface area contributed by atoms with Crippen LogP contribution < -0.4 is 5.32 Å². The van der Waals surface area contributed by atoms with Gasteiger partial charge < -0.3 is 9.73 Å². The van der Waals surface area contributed by atoms with Gasteiger partial charge in [-0.2, -0.15) is 0 Å². The number of carbonyl (C=O) groups excluding carboxylic acids is 1. The second kappa shape index (κ2) is 6.38. The summed E-state index contributed by atoms with van der Waals surface area (Å²) in [5, 5.41) is 2.84. The van der Waals surface area contributed by atoms with Gasteiger partial charge >= 0.3 is 0 Å². The maximum absolute atomic E-state index is 11.8. The topological polar surface area (TPSA) is 42.2 Å². The average molecular weight is 320 g/mol. The van der Waals surface area contributed by atoms with Crippen LogP contribution in [-0.2, 0) is 4.79 Å². The standard InChI is InChI=1S/C15H14BrNO2/c1-11(14-6-3-9-19-14)17-15(18)8-7-12-4-2-5-13(16)10-12/h2-11H,1H3,(H,17,18)/b8-7+/t11-/m1/s1. The van der Waals surface area contributed by atoms with E-state index in [1.807, 2.05) is 37.3 Å². The van der Waals surface area contributed by atoms with Gasteiger partial charge in [0.15, 0.2) is 0 Å². The highest BCUT2D eigenvalue weighted by Crippen LogP contribution is 2.14. The fraction of sp³-hybridized carbons (Fsp3) is 0.133. The Bertz CT molecular complexity index is 576. The van der Waals surface area contributed by atoms with E-state index in [9.17, 15) is 4.79 Å². The quantitative estimate of drug-likeness (QED) is 0.867. The van der Waals surface area contributed by atoms with Crippen LogP contribution in [0.25, 0.3) is 6.08 Å². The van der Waals surface area contributed by atoms with Crippen molar-refractivity contribution in [2.75, 3.05) is 0 Å². The van der Waals surface area contributed by atoms with Crippen molar-refractivity contribution >= 4 is 27.9 Å². The van der Waals surface area contributed by atoms with Crippen LogP contribution in [0.4, 0.5) is 0 Å². The van der Waals surface area contributed by atoms with Crippen LogP contribution in [0.5, 0.6) is 0 Å². The van der Waals surface area contributed by atoms with Gasteiger partial charge in [-0.05, 0) is 42.8 Å². The molecule has 0 saturated carbocycles. The molecule has 0 bridgehead atoms. The molecule has 1 atom stereocenters. The molecule has 19 heavy (non-hydrogen) atoms. The van der Waals surface area contributed by atoms with Gasteiger partial charge in [0.05, 0.1) is 12.3 Å². The first-order valence-corrected chi connectivity index (χ1v) is 6.72. The number of rotatable bonds is 4. The summed E-state index contributed by atoms with van der Waals surface area (Å²) in [6, 6.07) is 11.2. The summed E-state index contributed by atoms with van der Waals surface area (Å²) in [4.78, 5) is 11.8. The van der Waals surface area contributed by atoms with Crippen molar-refractivity contribution in [2.45, 2.75) is 13.0 Å². The molecule has 0 fully saturated rings. The molecule has 1 amide bonds. The van der Waals surface area contributed by atoms with Crippen molar-refractivity contribution in [3.8, 4) is 0 Å². The zero-order chi connectivity index (χ0) is 13.7. The van der Waals surface area contributed by atoms with Crippen molar-refractivity contribution in [2.24, 2.45) is 0 Å². The van der Waals surface area contributed by atoms with Gasteiger partial charge in [0, 0.05) is 10.5 Å². The third-order valence-corrected chi connectivity index (χ3v) is 3.10. The number of hydrogen-bond acceptors (Lipinski definition) is 2. The summed E-state index contributed by atoms with van der Waals surface area (Å²) < 4.78 is 6.21. The molecule has 3 nitrogen and oxygen atoms in total. The summed E-state index contributed by atoms with van der Waals surface area (Å²) in [6.07, 6.45) is 4.88. The zero-order valence-corrected chi connectivity index (χ0v) is 12.1. The molecule has 0 aliphatic carbocycles. The van der Waals surface area contributed by atoms with Crippen LogP contribution in [0.3, 0.4) is 0 Å². The lowest BCUT2D eigenvalue weighted by molar-refractivity contribution is -0.117. The smallest absolute Gasteiger partial charge is 0.244 e. The SMILES string of the molecule is C[C@@H](NC(=O)/C=C/c1cccc(Br)c1)c1ccco1. The predicted octanol–water partition coefficient (Wildman–Crippen LogP) is 3.93. The van der Waals surface area contributed by atoms with E-state index in [1.54, 1.807) is 18.4 Å². The number of carbonyl (C=O) groups is 1. The van der Waals surface area contributed by atoms with Crippen molar-refractivity contribution < 1.29 is 9.21 Å². The van der Waals surface area contributed by atoms with Gasteiger partial charge in [0.2, 0.25) is 5.91 Å². The minimum Gasteiger partial charge on any atom is -0.467 e. The van der Waals surface area contributed by atoms with E-state index in [0.29, 0.717) is 0 Å². The molecule has 0 unspecified atom stereocenters. The molecule has 0 radical (unpaired) electrons. The lowest BCUT2D eigenvalue weighted by Crippen LogP contribution is -2.24. The van der Waals surface area contributed by atoms with Crippen molar-refractivity contribution in [3.63, 3.8) is 0 Å². The summed E-state index contributed by atoms with van der Waals surface area (Å²) in [5.74, 6) is 0.591. The number of furan rings is 1. The van der Waals surface area contributed by atoms with E-state index >= 15 is 0 Å². The van der Waals surface area contributed by atoms with Crippen LogP contribution in [-0.4, -0.2) is 5.91 Å². The molecule has 1 aromatic carbocycles. The molecule has 1 N–H and O–H groups in total. The fourth-order valence-corrected chi connectivity index (χ4v) is 2.07. The number of nitrogens with one attached hydrogen (secondary N) is 1. The summed E-state index contributed by atoms with van der Waals surface area (Å²) in [7, 11) is 0.